The van der Waals surface area contributed by atoms with Crippen molar-refractivity contribution in [1.29, 1.82) is 5.26 Å². The number of hydrogen-bond donors (Lipinski definition) is 2. The monoisotopic (exact) mass is 196 g/mol. The third-order valence-corrected chi connectivity index (χ3v) is 2.36. The Morgan fingerprint density at radius 1 is 1.57 bits per heavy atom. The van der Waals surface area contributed by atoms with Crippen LogP contribution in [0.2, 0.25) is 0 Å². The summed E-state index contributed by atoms with van der Waals surface area (Å²) < 4.78 is 0. The van der Waals surface area contributed by atoms with E-state index in [9.17, 15) is 4.79 Å². The first-order valence-electron chi connectivity index (χ1n) is 4.84. The summed E-state index contributed by atoms with van der Waals surface area (Å²) in [5.74, 6) is -0.0815. The van der Waals surface area contributed by atoms with Crippen LogP contribution in [-0.4, -0.2) is 43.0 Å². The summed E-state index contributed by atoms with van der Waals surface area (Å²) in [6, 6.07) is 2.16. The minimum atomic E-state index is -0.0815. The van der Waals surface area contributed by atoms with Crippen LogP contribution in [0.4, 0.5) is 0 Å². The molecule has 1 amide bonds. The van der Waals surface area contributed by atoms with Crippen LogP contribution in [0.15, 0.2) is 0 Å². The molecule has 14 heavy (non-hydrogen) atoms. The SMILES string of the molecule is N#CCNC(=O)CN1CCC(N)CC1. The molecule has 78 valence electrons. The molecule has 0 spiro atoms. The van der Waals surface area contributed by atoms with Crippen molar-refractivity contribution in [2.24, 2.45) is 5.73 Å². The first-order chi connectivity index (χ1) is 6.72. The quantitative estimate of drug-likeness (QED) is 0.570. The van der Waals surface area contributed by atoms with Crippen LogP contribution < -0.4 is 11.1 Å². The number of nitrogens with two attached hydrogens (primary N) is 1. The van der Waals surface area contributed by atoms with Crippen molar-refractivity contribution in [3.8, 4) is 6.07 Å². The van der Waals surface area contributed by atoms with Gasteiger partial charge in [-0.1, -0.05) is 0 Å². The predicted molar refractivity (Wildman–Crippen MR) is 52.3 cm³/mol. The van der Waals surface area contributed by atoms with Crippen LogP contribution in [0.1, 0.15) is 12.8 Å². The van der Waals surface area contributed by atoms with E-state index in [1.807, 2.05) is 6.07 Å². The molecule has 1 saturated heterocycles. The minimum absolute atomic E-state index is 0.0815. The number of nitrogens with zero attached hydrogens (tertiary/aromatic N) is 2. The summed E-state index contributed by atoms with van der Waals surface area (Å²) in [5.41, 5.74) is 5.74. The largest absolute Gasteiger partial charge is 0.342 e. The molecule has 0 saturated carbocycles. The van der Waals surface area contributed by atoms with E-state index in [1.165, 1.54) is 0 Å². The van der Waals surface area contributed by atoms with E-state index in [0.29, 0.717) is 6.54 Å². The number of hydrogen-bond acceptors (Lipinski definition) is 4. The van der Waals surface area contributed by atoms with Gasteiger partial charge in [-0.3, -0.25) is 9.69 Å². The number of amides is 1. The van der Waals surface area contributed by atoms with E-state index in [-0.39, 0.29) is 18.5 Å². The number of rotatable bonds is 3. The second kappa shape index (κ2) is 5.58. The van der Waals surface area contributed by atoms with Gasteiger partial charge in [0.05, 0.1) is 12.6 Å². The van der Waals surface area contributed by atoms with E-state index >= 15 is 0 Å². The summed E-state index contributed by atoms with van der Waals surface area (Å²) in [4.78, 5) is 13.3. The van der Waals surface area contributed by atoms with Crippen molar-refractivity contribution < 1.29 is 4.79 Å². The molecule has 0 radical (unpaired) electrons. The Labute approximate surface area is 83.9 Å². The lowest BCUT2D eigenvalue weighted by Gasteiger charge is -2.29. The molecule has 1 rings (SSSR count). The minimum Gasteiger partial charge on any atom is -0.342 e. The van der Waals surface area contributed by atoms with Crippen molar-refractivity contribution >= 4 is 5.91 Å². The highest BCUT2D eigenvalue weighted by Crippen LogP contribution is 2.06. The topological polar surface area (TPSA) is 82.2 Å². The highest BCUT2D eigenvalue weighted by molar-refractivity contribution is 5.78. The fraction of sp³-hybridized carbons (Fsp3) is 0.778. The van der Waals surface area contributed by atoms with Crippen molar-refractivity contribution in [3.63, 3.8) is 0 Å². The van der Waals surface area contributed by atoms with Gasteiger partial charge in [0, 0.05) is 19.1 Å². The molecular weight excluding hydrogens is 180 g/mol. The average Bonchev–Trinajstić information content (AvgIpc) is 2.18. The van der Waals surface area contributed by atoms with Gasteiger partial charge in [-0.25, -0.2) is 0 Å². The fourth-order valence-corrected chi connectivity index (χ4v) is 1.51. The van der Waals surface area contributed by atoms with Gasteiger partial charge in [0.15, 0.2) is 0 Å². The normalized spacial score (nSPS) is 18.9. The molecule has 0 aromatic heterocycles. The molecule has 0 aromatic carbocycles. The van der Waals surface area contributed by atoms with Gasteiger partial charge < -0.3 is 11.1 Å². The van der Waals surface area contributed by atoms with Gasteiger partial charge in [0.1, 0.15) is 6.54 Å². The third-order valence-electron chi connectivity index (χ3n) is 2.36. The first kappa shape index (κ1) is 11.0. The number of carbonyl (C=O) groups is 1. The molecule has 0 unspecified atom stereocenters. The number of nitrogens with one attached hydrogen (secondary N) is 1. The number of likely N-dealkylation sites (tertiary alicyclic amines) is 1. The molecule has 3 N–H and O–H groups in total. The Bertz CT molecular complexity index is 227. The molecule has 1 fully saturated rings. The van der Waals surface area contributed by atoms with Crippen molar-refractivity contribution in [2.75, 3.05) is 26.2 Å². The molecule has 0 atom stereocenters. The van der Waals surface area contributed by atoms with Crippen molar-refractivity contribution in [1.82, 2.24) is 10.2 Å². The van der Waals surface area contributed by atoms with Crippen LogP contribution in [0.25, 0.3) is 0 Å². The fourth-order valence-electron chi connectivity index (χ4n) is 1.51. The summed E-state index contributed by atoms with van der Waals surface area (Å²) in [7, 11) is 0. The number of piperidine rings is 1. The predicted octanol–water partition coefficient (Wildman–Crippen LogP) is -0.951. The number of carbonyl (C=O) groups excluding carboxylic acids is 1. The zero-order valence-corrected chi connectivity index (χ0v) is 8.20. The van der Waals surface area contributed by atoms with Crippen LogP contribution in [-0.2, 0) is 4.79 Å². The maximum absolute atomic E-state index is 11.2. The van der Waals surface area contributed by atoms with E-state index in [2.05, 4.69) is 10.2 Å². The summed E-state index contributed by atoms with van der Waals surface area (Å²) in [6.07, 6.45) is 1.90. The average molecular weight is 196 g/mol. The van der Waals surface area contributed by atoms with Crippen LogP contribution in [0.5, 0.6) is 0 Å². The highest BCUT2D eigenvalue weighted by atomic mass is 16.2. The molecule has 1 heterocycles. The molecule has 0 aromatic rings. The summed E-state index contributed by atoms with van der Waals surface area (Å²) in [6.45, 7) is 2.23. The summed E-state index contributed by atoms with van der Waals surface area (Å²) >= 11 is 0. The molecule has 1 aliphatic heterocycles. The molecular formula is C9H16N4O. The Hall–Kier alpha value is -1.12. The zero-order chi connectivity index (χ0) is 10.4. The molecule has 0 aliphatic carbocycles. The van der Waals surface area contributed by atoms with Crippen molar-refractivity contribution in [2.45, 2.75) is 18.9 Å². The Morgan fingerprint density at radius 3 is 2.79 bits per heavy atom. The van der Waals surface area contributed by atoms with Crippen LogP contribution in [0.3, 0.4) is 0 Å². The van der Waals surface area contributed by atoms with Crippen LogP contribution in [0, 0.1) is 11.3 Å². The van der Waals surface area contributed by atoms with Gasteiger partial charge in [0.25, 0.3) is 0 Å². The standard InChI is InChI=1S/C9H16N4O/c10-3-4-12-9(14)7-13-5-1-8(11)2-6-13/h8H,1-2,4-7,11H2,(H,12,14). The van der Waals surface area contributed by atoms with E-state index < -0.39 is 0 Å². The Kier molecular flexibility index (Phi) is 4.36. The molecule has 5 heteroatoms. The molecule has 0 bridgehead atoms. The van der Waals surface area contributed by atoms with Gasteiger partial charge in [-0.15, -0.1) is 0 Å². The lowest BCUT2D eigenvalue weighted by atomic mass is 10.1. The zero-order valence-electron chi connectivity index (χ0n) is 8.20. The lowest BCUT2D eigenvalue weighted by molar-refractivity contribution is -0.122. The molecule has 1 aliphatic rings. The maximum atomic E-state index is 11.2. The third kappa shape index (κ3) is 3.73. The highest BCUT2D eigenvalue weighted by Gasteiger charge is 2.17. The second-order valence-corrected chi connectivity index (χ2v) is 3.55. The van der Waals surface area contributed by atoms with Gasteiger partial charge in [-0.2, -0.15) is 5.26 Å². The Morgan fingerprint density at radius 2 is 2.21 bits per heavy atom. The first-order valence-corrected chi connectivity index (χ1v) is 4.84. The van der Waals surface area contributed by atoms with Crippen molar-refractivity contribution in [3.05, 3.63) is 0 Å². The molecule has 5 nitrogen and oxygen atoms in total. The van der Waals surface area contributed by atoms with E-state index in [4.69, 9.17) is 11.0 Å². The Balaban J connectivity index is 2.18. The second-order valence-electron chi connectivity index (χ2n) is 3.55. The van der Waals surface area contributed by atoms with Crippen LogP contribution >= 0.6 is 0 Å². The summed E-state index contributed by atoms with van der Waals surface area (Å²) in [5, 5.41) is 10.8. The lowest BCUT2D eigenvalue weighted by Crippen LogP contribution is -2.44. The maximum Gasteiger partial charge on any atom is 0.235 e. The van der Waals surface area contributed by atoms with E-state index in [0.717, 1.165) is 25.9 Å². The van der Waals surface area contributed by atoms with E-state index in [1.54, 1.807) is 0 Å². The van der Waals surface area contributed by atoms with Gasteiger partial charge >= 0.3 is 0 Å². The van der Waals surface area contributed by atoms with Gasteiger partial charge in [0.2, 0.25) is 5.91 Å². The smallest absolute Gasteiger partial charge is 0.235 e. The number of nitriles is 1. The van der Waals surface area contributed by atoms with Gasteiger partial charge in [-0.05, 0) is 12.8 Å².